The minimum absolute atomic E-state index is 0.245. The Balaban J connectivity index is 1.26. The van der Waals surface area contributed by atoms with Gasteiger partial charge in [-0.3, -0.25) is 0 Å². The lowest BCUT2D eigenvalue weighted by Crippen LogP contribution is -2.43. The zero-order chi connectivity index (χ0) is 38.8. The minimum Gasteiger partial charge on any atom is -0.331 e. The van der Waals surface area contributed by atoms with Crippen LogP contribution >= 0.6 is 0 Å². The molecule has 3 aliphatic carbocycles. The van der Waals surface area contributed by atoms with Crippen LogP contribution in [0.1, 0.15) is 86.3 Å². The zero-order valence-corrected chi connectivity index (χ0v) is 34.4. The summed E-state index contributed by atoms with van der Waals surface area (Å²) >= 11 is 0. The Morgan fingerprint density at radius 1 is 0.439 bits per heavy atom. The van der Waals surface area contributed by atoms with Gasteiger partial charge in [-0.05, 0) is 196 Å². The third-order valence-electron chi connectivity index (χ3n) is 13.7. The molecule has 1 unspecified atom stereocenters. The molecule has 0 spiro atoms. The number of fused-ring (bicyclic) bond motifs is 7. The lowest BCUT2D eigenvalue weighted by Gasteiger charge is -2.44. The summed E-state index contributed by atoms with van der Waals surface area (Å²) in [5.41, 5.74) is 17.4. The van der Waals surface area contributed by atoms with Gasteiger partial charge in [0.05, 0.1) is 16.9 Å². The summed E-state index contributed by atoms with van der Waals surface area (Å²) in [4.78, 5) is 5.23. The van der Waals surface area contributed by atoms with Gasteiger partial charge in [0.2, 0.25) is 0 Å². The van der Waals surface area contributed by atoms with Crippen molar-refractivity contribution in [1.82, 2.24) is 0 Å². The maximum Gasteiger partial charge on any atom is 0.0645 e. The first-order valence-corrected chi connectivity index (χ1v) is 21.4. The van der Waals surface area contributed by atoms with E-state index in [1.807, 2.05) is 0 Å². The molecule has 0 radical (unpaired) electrons. The van der Waals surface area contributed by atoms with Crippen molar-refractivity contribution in [3.63, 3.8) is 0 Å². The highest BCUT2D eigenvalue weighted by molar-refractivity contribution is 6.24. The lowest BCUT2D eigenvalue weighted by atomic mass is 9.83. The van der Waals surface area contributed by atoms with Gasteiger partial charge in [0, 0.05) is 27.8 Å². The van der Waals surface area contributed by atoms with Crippen molar-refractivity contribution in [1.29, 1.82) is 0 Å². The number of hydrogen-bond donors (Lipinski definition) is 0. The summed E-state index contributed by atoms with van der Waals surface area (Å²) in [6.45, 7) is 11.4. The number of anilines is 5. The third kappa shape index (κ3) is 6.16. The van der Waals surface area contributed by atoms with E-state index in [2.05, 4.69) is 172 Å². The molecule has 0 bridgehead atoms. The Morgan fingerprint density at radius 2 is 0.947 bits per heavy atom. The van der Waals surface area contributed by atoms with E-state index >= 15 is 0 Å². The summed E-state index contributed by atoms with van der Waals surface area (Å²) in [6.07, 6.45) is 15.7. The maximum atomic E-state index is 2.69. The SMILES string of the molecule is CC1=CCC(C)(N(c2ccc3c(c2)CCCC3)c2cc3c4ccccc4c(N(c4ccc(C)c(C)c4)c4ccc5c(c4)CCCC5)cc3c3ccccc23)C=C1C. The fraction of sp³-hybridized carbons (Fsp3) is 0.273. The van der Waals surface area contributed by atoms with E-state index in [0.717, 1.165) is 19.3 Å². The molecule has 57 heavy (non-hydrogen) atoms. The monoisotopic (exact) mass is 742 g/mol. The highest BCUT2D eigenvalue weighted by Gasteiger charge is 2.35. The highest BCUT2D eigenvalue weighted by Crippen LogP contribution is 2.49. The van der Waals surface area contributed by atoms with E-state index in [4.69, 9.17) is 0 Å². The van der Waals surface area contributed by atoms with Crippen molar-refractivity contribution in [3.05, 3.63) is 172 Å². The van der Waals surface area contributed by atoms with Gasteiger partial charge in [-0.25, -0.2) is 0 Å². The van der Waals surface area contributed by atoms with Gasteiger partial charge in [0.1, 0.15) is 0 Å². The second-order valence-electron chi connectivity index (χ2n) is 17.5. The van der Waals surface area contributed by atoms with E-state index in [9.17, 15) is 0 Å². The average Bonchev–Trinajstić information content (AvgIpc) is 3.24. The molecule has 0 fully saturated rings. The van der Waals surface area contributed by atoms with E-state index in [-0.39, 0.29) is 5.54 Å². The van der Waals surface area contributed by atoms with Crippen LogP contribution in [0.25, 0.3) is 32.3 Å². The topological polar surface area (TPSA) is 6.48 Å². The van der Waals surface area contributed by atoms with Crippen LogP contribution in [0, 0.1) is 13.8 Å². The molecular weight excluding hydrogens is 689 g/mol. The van der Waals surface area contributed by atoms with E-state index in [1.54, 1.807) is 0 Å². The van der Waals surface area contributed by atoms with E-state index < -0.39 is 0 Å². The Bertz CT molecular complexity index is 2800. The van der Waals surface area contributed by atoms with Gasteiger partial charge in [-0.15, -0.1) is 0 Å². The molecule has 0 saturated carbocycles. The first-order valence-electron chi connectivity index (χ1n) is 21.4. The van der Waals surface area contributed by atoms with E-state index in [0.29, 0.717) is 0 Å². The van der Waals surface area contributed by atoms with Crippen LogP contribution in [0.3, 0.4) is 0 Å². The summed E-state index contributed by atoms with van der Waals surface area (Å²) in [6, 6.07) is 44.9. The van der Waals surface area contributed by atoms with Gasteiger partial charge in [0.25, 0.3) is 0 Å². The number of rotatable bonds is 6. The van der Waals surface area contributed by atoms with Crippen LogP contribution in [0.4, 0.5) is 28.4 Å². The summed E-state index contributed by atoms with van der Waals surface area (Å²) in [5, 5.41) is 7.71. The highest BCUT2D eigenvalue weighted by atomic mass is 15.2. The molecule has 1 atom stereocenters. The van der Waals surface area contributed by atoms with Crippen molar-refractivity contribution >= 4 is 60.8 Å². The fourth-order valence-electron chi connectivity index (χ4n) is 10.3. The van der Waals surface area contributed by atoms with Gasteiger partial charge in [0.15, 0.2) is 0 Å². The van der Waals surface area contributed by atoms with Crippen LogP contribution in [-0.4, -0.2) is 5.54 Å². The molecule has 0 aliphatic heterocycles. The largest absolute Gasteiger partial charge is 0.331 e. The van der Waals surface area contributed by atoms with Crippen LogP contribution < -0.4 is 9.80 Å². The molecule has 10 rings (SSSR count). The predicted molar refractivity (Wildman–Crippen MR) is 246 cm³/mol. The Kier molecular flexibility index (Phi) is 8.85. The molecule has 2 heteroatoms. The molecule has 0 aromatic heterocycles. The normalized spacial score (nSPS) is 17.9. The lowest BCUT2D eigenvalue weighted by molar-refractivity contribution is 0.563. The molecule has 0 amide bonds. The van der Waals surface area contributed by atoms with Gasteiger partial charge < -0.3 is 9.80 Å². The van der Waals surface area contributed by atoms with E-state index in [1.165, 1.54) is 144 Å². The number of allylic oxidation sites excluding steroid dienone is 2. The summed E-state index contributed by atoms with van der Waals surface area (Å²) in [7, 11) is 0. The van der Waals surface area contributed by atoms with Gasteiger partial charge in [-0.2, -0.15) is 0 Å². The summed E-state index contributed by atoms with van der Waals surface area (Å²) in [5.74, 6) is 0. The van der Waals surface area contributed by atoms with Crippen LogP contribution in [0.5, 0.6) is 0 Å². The van der Waals surface area contributed by atoms with Crippen molar-refractivity contribution < 1.29 is 0 Å². The van der Waals surface area contributed by atoms with Gasteiger partial charge >= 0.3 is 0 Å². The van der Waals surface area contributed by atoms with Gasteiger partial charge in [-0.1, -0.05) is 90.0 Å². The number of benzene rings is 7. The fourth-order valence-corrected chi connectivity index (χ4v) is 10.3. The Labute approximate surface area is 339 Å². The molecule has 0 N–H and O–H groups in total. The average molecular weight is 743 g/mol. The molecule has 7 aromatic carbocycles. The van der Waals surface area contributed by atoms with Crippen molar-refractivity contribution in [2.75, 3.05) is 9.80 Å². The quantitative estimate of drug-likeness (QED) is 0.157. The smallest absolute Gasteiger partial charge is 0.0645 e. The third-order valence-corrected chi connectivity index (χ3v) is 13.7. The molecule has 0 heterocycles. The minimum atomic E-state index is -0.245. The maximum absolute atomic E-state index is 2.69. The number of hydrogen-bond acceptors (Lipinski definition) is 2. The Morgan fingerprint density at radius 3 is 1.56 bits per heavy atom. The first-order chi connectivity index (χ1) is 27.8. The molecule has 2 nitrogen and oxygen atoms in total. The predicted octanol–water partition coefficient (Wildman–Crippen LogP) is 15.2. The molecule has 0 saturated heterocycles. The second kappa shape index (κ2) is 14.1. The number of aryl methyl sites for hydroxylation is 6. The van der Waals surface area contributed by atoms with Crippen LogP contribution in [0.15, 0.2) is 139 Å². The number of nitrogens with zero attached hydrogens (tertiary/aromatic N) is 2. The van der Waals surface area contributed by atoms with Crippen molar-refractivity contribution in [2.24, 2.45) is 0 Å². The van der Waals surface area contributed by atoms with Crippen molar-refractivity contribution in [2.45, 2.75) is 97.9 Å². The Hall–Kier alpha value is -5.60. The molecule has 284 valence electrons. The zero-order valence-electron chi connectivity index (χ0n) is 34.4. The van der Waals surface area contributed by atoms with Crippen LogP contribution in [0.2, 0.25) is 0 Å². The molecular formula is C55H54N2. The van der Waals surface area contributed by atoms with Crippen molar-refractivity contribution in [3.8, 4) is 0 Å². The second-order valence-corrected chi connectivity index (χ2v) is 17.5. The van der Waals surface area contributed by atoms with Crippen LogP contribution in [-0.2, 0) is 25.7 Å². The standard InChI is InChI=1S/C55H54N2/c1-36-22-25-44(30-38(36)3)56(45-26-23-40-14-6-8-16-42(40)31-45)53-33-51-48-19-11-13-21-50(48)54(34-52(51)47-18-10-12-20-49(47)53)57(55(5)29-28-37(2)39(4)35-55)46-27-24-41-15-7-9-17-43(41)32-46/h10-13,18-28,30-35H,6-9,14-17,29H2,1-5H3. The molecule has 3 aliphatic rings. The summed E-state index contributed by atoms with van der Waals surface area (Å²) < 4.78 is 0. The first kappa shape index (κ1) is 35.8. The molecule has 7 aromatic rings.